The van der Waals surface area contributed by atoms with Crippen LogP contribution < -0.4 is 0 Å². The molecule has 0 N–H and O–H groups in total. The molecule has 3 atom stereocenters. The summed E-state index contributed by atoms with van der Waals surface area (Å²) in [4.78, 5) is 0. The molecule has 0 aliphatic heterocycles. The number of rotatable bonds is 0. The molecular weight excluding hydrogens is 240 g/mol. The molecular formula is C20H30. The van der Waals surface area contributed by atoms with E-state index in [9.17, 15) is 0 Å². The number of fused-ring (bicyclic) bond motifs is 2. The third-order valence-corrected chi connectivity index (χ3v) is 6.99. The number of hydrogen-bond acceptors (Lipinski definition) is 0. The molecule has 4 fully saturated rings. The predicted molar refractivity (Wildman–Crippen MR) is 84.5 cm³/mol. The third-order valence-electron chi connectivity index (χ3n) is 6.99. The lowest BCUT2D eigenvalue weighted by Gasteiger charge is -2.45. The molecule has 0 amide bonds. The molecule has 5 aliphatic carbocycles. The first kappa shape index (κ1) is 13.2. The van der Waals surface area contributed by atoms with Crippen molar-refractivity contribution in [2.24, 2.45) is 29.6 Å². The second-order valence-electron chi connectivity index (χ2n) is 7.92. The Balaban J connectivity index is 1.80. The average Bonchev–Trinajstić information content (AvgIpc) is 2.63. The SMILES string of the molecule is C1=CCCCCC2C3CCC(CC3)C3CCCCC2C=13. The minimum absolute atomic E-state index is 0.917. The van der Waals surface area contributed by atoms with Gasteiger partial charge in [-0.3, -0.25) is 0 Å². The fourth-order valence-corrected chi connectivity index (χ4v) is 6.02. The van der Waals surface area contributed by atoms with E-state index in [-0.39, 0.29) is 0 Å². The van der Waals surface area contributed by atoms with Gasteiger partial charge in [0.25, 0.3) is 0 Å². The van der Waals surface area contributed by atoms with Crippen LogP contribution in [-0.2, 0) is 0 Å². The molecule has 3 unspecified atom stereocenters. The fraction of sp³-hybridized carbons (Fsp3) is 0.850. The Morgan fingerprint density at radius 3 is 2.25 bits per heavy atom. The number of hydrogen-bond donors (Lipinski definition) is 0. The van der Waals surface area contributed by atoms with Gasteiger partial charge in [0, 0.05) is 0 Å². The van der Waals surface area contributed by atoms with E-state index < -0.39 is 0 Å². The van der Waals surface area contributed by atoms with Crippen molar-refractivity contribution in [1.29, 1.82) is 0 Å². The molecule has 0 heteroatoms. The molecule has 5 aliphatic rings. The summed E-state index contributed by atoms with van der Waals surface area (Å²) in [6.45, 7) is 0. The van der Waals surface area contributed by atoms with Crippen LogP contribution in [0.3, 0.4) is 0 Å². The molecule has 0 radical (unpaired) electrons. The predicted octanol–water partition coefficient (Wildman–Crippen LogP) is 5.88. The zero-order chi connectivity index (χ0) is 13.4. The van der Waals surface area contributed by atoms with Crippen molar-refractivity contribution < 1.29 is 0 Å². The van der Waals surface area contributed by atoms with Crippen molar-refractivity contribution in [3.8, 4) is 0 Å². The molecule has 6 bridgehead atoms. The maximum atomic E-state index is 3.88. The van der Waals surface area contributed by atoms with Crippen LogP contribution in [0.1, 0.15) is 77.0 Å². The Labute approximate surface area is 124 Å². The van der Waals surface area contributed by atoms with Gasteiger partial charge in [-0.25, -0.2) is 0 Å². The highest BCUT2D eigenvalue weighted by molar-refractivity contribution is 5.17. The van der Waals surface area contributed by atoms with E-state index in [0.29, 0.717) is 0 Å². The molecule has 0 heterocycles. The van der Waals surface area contributed by atoms with Crippen LogP contribution in [0.5, 0.6) is 0 Å². The van der Waals surface area contributed by atoms with E-state index in [2.05, 4.69) is 11.8 Å². The van der Waals surface area contributed by atoms with Crippen molar-refractivity contribution in [3.05, 3.63) is 17.4 Å². The van der Waals surface area contributed by atoms with Crippen LogP contribution in [0, 0.1) is 29.6 Å². The number of allylic oxidation sites excluding steroid dienone is 1. The van der Waals surface area contributed by atoms with Crippen LogP contribution in [0.2, 0.25) is 0 Å². The van der Waals surface area contributed by atoms with Crippen LogP contribution in [-0.4, -0.2) is 0 Å². The first-order valence-corrected chi connectivity index (χ1v) is 9.38. The Hall–Kier alpha value is -0.480. The van der Waals surface area contributed by atoms with Crippen LogP contribution in [0.15, 0.2) is 17.4 Å². The highest BCUT2D eigenvalue weighted by Crippen LogP contribution is 2.53. The molecule has 0 saturated heterocycles. The van der Waals surface area contributed by atoms with Gasteiger partial charge >= 0.3 is 0 Å². The van der Waals surface area contributed by atoms with Gasteiger partial charge in [0.1, 0.15) is 0 Å². The third kappa shape index (κ3) is 2.31. The molecule has 0 aromatic heterocycles. The fourth-order valence-electron chi connectivity index (χ4n) is 6.02. The van der Waals surface area contributed by atoms with Crippen LogP contribution in [0.25, 0.3) is 0 Å². The van der Waals surface area contributed by atoms with Crippen molar-refractivity contribution in [2.75, 3.05) is 0 Å². The molecule has 0 nitrogen and oxygen atoms in total. The largest absolute Gasteiger partial charge is 0.125 e. The van der Waals surface area contributed by atoms with Gasteiger partial charge in [0.05, 0.1) is 0 Å². The Kier molecular flexibility index (Phi) is 3.78. The molecule has 5 rings (SSSR count). The Morgan fingerprint density at radius 2 is 1.40 bits per heavy atom. The van der Waals surface area contributed by atoms with E-state index in [1.165, 1.54) is 64.2 Å². The quantitative estimate of drug-likeness (QED) is 0.482. The van der Waals surface area contributed by atoms with Gasteiger partial charge in [-0.2, -0.15) is 0 Å². The van der Waals surface area contributed by atoms with Gasteiger partial charge in [-0.1, -0.05) is 19.3 Å². The molecule has 4 saturated carbocycles. The normalized spacial score (nSPS) is 44.4. The second kappa shape index (κ2) is 5.72. The maximum Gasteiger partial charge on any atom is -0.00933 e. The Bertz CT molecular complexity index is 404. The summed E-state index contributed by atoms with van der Waals surface area (Å²) in [5.41, 5.74) is 5.69. The lowest BCUT2D eigenvalue weighted by Crippen LogP contribution is -2.36. The van der Waals surface area contributed by atoms with E-state index in [1.54, 1.807) is 12.8 Å². The average molecular weight is 270 g/mol. The van der Waals surface area contributed by atoms with Gasteiger partial charge in [0.15, 0.2) is 0 Å². The summed E-state index contributed by atoms with van der Waals surface area (Å²) in [6.07, 6.45) is 20.2. The highest BCUT2D eigenvalue weighted by Gasteiger charge is 2.43. The summed E-state index contributed by atoms with van der Waals surface area (Å²) < 4.78 is 0. The summed E-state index contributed by atoms with van der Waals surface area (Å²) in [7, 11) is 0. The topological polar surface area (TPSA) is 0 Å². The highest BCUT2D eigenvalue weighted by atomic mass is 14.5. The lowest BCUT2D eigenvalue weighted by atomic mass is 9.59. The van der Waals surface area contributed by atoms with Crippen molar-refractivity contribution >= 4 is 0 Å². The van der Waals surface area contributed by atoms with E-state index >= 15 is 0 Å². The van der Waals surface area contributed by atoms with Crippen LogP contribution >= 0.6 is 0 Å². The Morgan fingerprint density at radius 1 is 0.700 bits per heavy atom. The molecule has 0 aromatic rings. The zero-order valence-electron chi connectivity index (χ0n) is 12.9. The molecule has 0 aromatic carbocycles. The summed E-state index contributed by atoms with van der Waals surface area (Å²) >= 11 is 0. The van der Waals surface area contributed by atoms with Gasteiger partial charge in [-0.15, -0.1) is 5.73 Å². The van der Waals surface area contributed by atoms with E-state index in [4.69, 9.17) is 0 Å². The van der Waals surface area contributed by atoms with Crippen LogP contribution in [0.4, 0.5) is 0 Å². The maximum absolute atomic E-state index is 3.88. The summed E-state index contributed by atoms with van der Waals surface area (Å²) in [5, 5.41) is 0. The standard InChI is InChI=1S/C20H30/c1-2-4-9-19-18-8-5-6-10-20(19)17(7-3-1)15-11-13-16(18)14-12-15/h4,15-18,20H,1-3,5-8,10-14H2. The second-order valence-corrected chi connectivity index (χ2v) is 7.92. The summed E-state index contributed by atoms with van der Waals surface area (Å²) in [5.74, 6) is 4.94. The smallest absolute Gasteiger partial charge is 0.00933 e. The van der Waals surface area contributed by atoms with Gasteiger partial charge in [-0.05, 0) is 99.0 Å². The molecule has 20 heavy (non-hydrogen) atoms. The van der Waals surface area contributed by atoms with Gasteiger partial charge in [0.2, 0.25) is 0 Å². The minimum atomic E-state index is 0.917. The monoisotopic (exact) mass is 270 g/mol. The summed E-state index contributed by atoms with van der Waals surface area (Å²) in [6, 6.07) is 0. The van der Waals surface area contributed by atoms with Gasteiger partial charge < -0.3 is 0 Å². The zero-order valence-corrected chi connectivity index (χ0v) is 12.9. The first-order chi connectivity index (χ1) is 9.93. The molecule has 110 valence electrons. The minimum Gasteiger partial charge on any atom is -0.125 e. The van der Waals surface area contributed by atoms with E-state index in [0.717, 1.165) is 29.6 Å². The molecule has 0 spiro atoms. The van der Waals surface area contributed by atoms with Crippen molar-refractivity contribution in [2.45, 2.75) is 77.0 Å². The first-order valence-electron chi connectivity index (χ1n) is 9.38. The van der Waals surface area contributed by atoms with Crippen molar-refractivity contribution in [3.63, 3.8) is 0 Å². The lowest BCUT2D eigenvalue weighted by molar-refractivity contribution is 0.100. The van der Waals surface area contributed by atoms with Crippen molar-refractivity contribution in [1.82, 2.24) is 0 Å². The van der Waals surface area contributed by atoms with E-state index in [1.807, 2.05) is 5.57 Å².